The standard InChI is InChI=1S/C17H27N5O3/c1-19-17(20-10-13-7-8-14(25-13)15(18)23)21-12-6-4-5-11(9-12)16(24)22(2)3/h7-8,11-12H,4-6,9-10H2,1-3H3,(H2,18,23)(H2,19,20,21). The topological polar surface area (TPSA) is 113 Å². The first-order chi connectivity index (χ1) is 11.9. The number of hydrogen-bond acceptors (Lipinski definition) is 4. The van der Waals surface area contributed by atoms with Crippen LogP contribution in [0.15, 0.2) is 21.5 Å². The Kier molecular flexibility index (Phi) is 6.44. The highest BCUT2D eigenvalue weighted by molar-refractivity contribution is 5.89. The molecule has 1 aliphatic carbocycles. The number of hydrogen-bond donors (Lipinski definition) is 3. The van der Waals surface area contributed by atoms with E-state index in [0.717, 1.165) is 25.7 Å². The maximum atomic E-state index is 12.2. The Balaban J connectivity index is 1.86. The molecule has 0 bridgehead atoms. The van der Waals surface area contributed by atoms with Crippen molar-refractivity contribution in [1.29, 1.82) is 0 Å². The summed E-state index contributed by atoms with van der Waals surface area (Å²) in [7, 11) is 5.28. The second-order valence-electron chi connectivity index (χ2n) is 6.49. The van der Waals surface area contributed by atoms with E-state index >= 15 is 0 Å². The van der Waals surface area contributed by atoms with Gasteiger partial charge in [-0.3, -0.25) is 14.6 Å². The first kappa shape index (κ1) is 18.8. The van der Waals surface area contributed by atoms with Crippen LogP contribution in [0.3, 0.4) is 0 Å². The number of primary amides is 1. The van der Waals surface area contributed by atoms with Crippen LogP contribution in [0.5, 0.6) is 0 Å². The summed E-state index contributed by atoms with van der Waals surface area (Å²) < 4.78 is 5.33. The van der Waals surface area contributed by atoms with E-state index in [4.69, 9.17) is 10.2 Å². The van der Waals surface area contributed by atoms with Crippen molar-refractivity contribution in [3.63, 3.8) is 0 Å². The molecule has 1 aromatic heterocycles. The molecule has 2 rings (SSSR count). The van der Waals surface area contributed by atoms with Crippen LogP contribution in [-0.2, 0) is 11.3 Å². The molecule has 0 saturated heterocycles. The Morgan fingerprint density at radius 1 is 1.36 bits per heavy atom. The van der Waals surface area contributed by atoms with Crippen molar-refractivity contribution >= 4 is 17.8 Å². The Morgan fingerprint density at radius 3 is 2.72 bits per heavy atom. The van der Waals surface area contributed by atoms with Crippen LogP contribution in [-0.4, -0.2) is 49.9 Å². The van der Waals surface area contributed by atoms with E-state index in [1.54, 1.807) is 38.2 Å². The Bertz CT molecular complexity index is 638. The fraction of sp³-hybridized carbons (Fsp3) is 0.588. The number of carbonyl (C=O) groups excluding carboxylic acids is 2. The molecular weight excluding hydrogens is 322 g/mol. The van der Waals surface area contributed by atoms with Gasteiger partial charge in [-0.05, 0) is 31.4 Å². The van der Waals surface area contributed by atoms with Gasteiger partial charge in [0.05, 0.1) is 6.54 Å². The summed E-state index contributed by atoms with van der Waals surface area (Å²) in [6, 6.07) is 3.45. The van der Waals surface area contributed by atoms with E-state index < -0.39 is 5.91 Å². The molecule has 2 amide bonds. The maximum Gasteiger partial charge on any atom is 0.284 e. The summed E-state index contributed by atoms with van der Waals surface area (Å²) >= 11 is 0. The second kappa shape index (κ2) is 8.55. The molecule has 0 spiro atoms. The molecular formula is C17H27N5O3. The molecule has 8 nitrogen and oxygen atoms in total. The lowest BCUT2D eigenvalue weighted by Gasteiger charge is -2.31. The molecule has 1 saturated carbocycles. The number of carbonyl (C=O) groups is 2. The van der Waals surface area contributed by atoms with Crippen LogP contribution in [0.1, 0.15) is 42.0 Å². The number of guanidine groups is 1. The molecule has 8 heteroatoms. The van der Waals surface area contributed by atoms with Gasteiger partial charge in [-0.25, -0.2) is 0 Å². The third-order valence-electron chi connectivity index (χ3n) is 4.36. The molecule has 1 aliphatic rings. The van der Waals surface area contributed by atoms with E-state index in [1.807, 2.05) is 0 Å². The lowest BCUT2D eigenvalue weighted by atomic mass is 9.85. The second-order valence-corrected chi connectivity index (χ2v) is 6.49. The number of nitrogens with two attached hydrogens (primary N) is 1. The maximum absolute atomic E-state index is 12.2. The fourth-order valence-corrected chi connectivity index (χ4v) is 3.07. The average Bonchev–Trinajstić information content (AvgIpc) is 3.07. The van der Waals surface area contributed by atoms with Gasteiger partial charge in [0.25, 0.3) is 5.91 Å². The van der Waals surface area contributed by atoms with Crippen LogP contribution in [0.4, 0.5) is 0 Å². The van der Waals surface area contributed by atoms with E-state index in [-0.39, 0.29) is 23.6 Å². The first-order valence-electron chi connectivity index (χ1n) is 8.47. The molecule has 0 aliphatic heterocycles. The lowest BCUT2D eigenvalue weighted by Crippen LogP contribution is -2.46. The summed E-state index contributed by atoms with van der Waals surface area (Å²) in [5, 5.41) is 6.51. The zero-order valence-corrected chi connectivity index (χ0v) is 15.0. The zero-order valence-electron chi connectivity index (χ0n) is 15.0. The molecule has 1 aromatic rings. The molecule has 25 heavy (non-hydrogen) atoms. The van der Waals surface area contributed by atoms with Gasteiger partial charge in [-0.1, -0.05) is 6.42 Å². The van der Waals surface area contributed by atoms with Crippen LogP contribution >= 0.6 is 0 Å². The van der Waals surface area contributed by atoms with Gasteiger partial charge in [0, 0.05) is 33.1 Å². The minimum atomic E-state index is -0.590. The van der Waals surface area contributed by atoms with Crippen LogP contribution in [0.2, 0.25) is 0 Å². The lowest BCUT2D eigenvalue weighted by molar-refractivity contribution is -0.134. The van der Waals surface area contributed by atoms with Crippen LogP contribution in [0, 0.1) is 5.92 Å². The quantitative estimate of drug-likeness (QED) is 0.535. The number of nitrogens with one attached hydrogen (secondary N) is 2. The molecule has 0 aromatic carbocycles. The predicted octanol–water partition coefficient (Wildman–Crippen LogP) is 0.691. The van der Waals surface area contributed by atoms with Gasteiger partial charge in [0.15, 0.2) is 11.7 Å². The van der Waals surface area contributed by atoms with E-state index in [0.29, 0.717) is 18.3 Å². The summed E-state index contributed by atoms with van der Waals surface area (Å²) in [6.07, 6.45) is 3.75. The molecule has 2 atom stereocenters. The summed E-state index contributed by atoms with van der Waals surface area (Å²) in [6.45, 7) is 0.389. The van der Waals surface area contributed by atoms with Crippen molar-refractivity contribution in [3.05, 3.63) is 23.7 Å². The van der Waals surface area contributed by atoms with Crippen molar-refractivity contribution in [2.24, 2.45) is 16.6 Å². The molecule has 0 radical (unpaired) electrons. The molecule has 138 valence electrons. The SMILES string of the molecule is CN=C(NCc1ccc(C(N)=O)o1)NC1CCCC(C(=O)N(C)C)C1. The van der Waals surface area contributed by atoms with Gasteiger partial charge in [0.1, 0.15) is 5.76 Å². The van der Waals surface area contributed by atoms with E-state index in [2.05, 4.69) is 15.6 Å². The largest absolute Gasteiger partial charge is 0.454 e. The molecule has 2 unspecified atom stereocenters. The predicted molar refractivity (Wildman–Crippen MR) is 95.0 cm³/mol. The number of rotatable bonds is 5. The molecule has 1 fully saturated rings. The van der Waals surface area contributed by atoms with Crippen molar-refractivity contribution in [1.82, 2.24) is 15.5 Å². The van der Waals surface area contributed by atoms with Crippen LogP contribution < -0.4 is 16.4 Å². The number of furan rings is 1. The highest BCUT2D eigenvalue weighted by Crippen LogP contribution is 2.25. The van der Waals surface area contributed by atoms with Gasteiger partial charge >= 0.3 is 0 Å². The monoisotopic (exact) mass is 349 g/mol. The van der Waals surface area contributed by atoms with Gasteiger partial charge < -0.3 is 25.7 Å². The molecule has 4 N–H and O–H groups in total. The highest BCUT2D eigenvalue weighted by Gasteiger charge is 2.28. The highest BCUT2D eigenvalue weighted by atomic mass is 16.3. The number of nitrogens with zero attached hydrogens (tertiary/aromatic N) is 2. The number of aliphatic imine (C=N–C) groups is 1. The van der Waals surface area contributed by atoms with Crippen molar-refractivity contribution in [2.75, 3.05) is 21.1 Å². The fourth-order valence-electron chi connectivity index (χ4n) is 3.07. The normalized spacial score (nSPS) is 20.8. The summed E-state index contributed by atoms with van der Waals surface area (Å²) in [5.74, 6) is 1.03. The zero-order chi connectivity index (χ0) is 18.4. The van der Waals surface area contributed by atoms with E-state index in [1.165, 1.54) is 0 Å². The first-order valence-corrected chi connectivity index (χ1v) is 8.47. The van der Waals surface area contributed by atoms with Gasteiger partial charge in [0.2, 0.25) is 5.91 Å². The van der Waals surface area contributed by atoms with E-state index in [9.17, 15) is 9.59 Å². The van der Waals surface area contributed by atoms with Crippen LogP contribution in [0.25, 0.3) is 0 Å². The summed E-state index contributed by atoms with van der Waals surface area (Å²) in [4.78, 5) is 29.1. The molecule has 1 heterocycles. The Labute approximate surface area is 147 Å². The van der Waals surface area contributed by atoms with Crippen molar-refractivity contribution < 1.29 is 14.0 Å². The Hall–Kier alpha value is -2.51. The minimum Gasteiger partial charge on any atom is -0.454 e. The minimum absolute atomic E-state index is 0.0579. The smallest absolute Gasteiger partial charge is 0.284 e. The average molecular weight is 349 g/mol. The number of amides is 2. The van der Waals surface area contributed by atoms with Gasteiger partial charge in [-0.15, -0.1) is 0 Å². The van der Waals surface area contributed by atoms with Gasteiger partial charge in [-0.2, -0.15) is 0 Å². The van der Waals surface area contributed by atoms with Crippen molar-refractivity contribution in [3.8, 4) is 0 Å². The summed E-state index contributed by atoms with van der Waals surface area (Å²) in [5.41, 5.74) is 5.17. The Morgan fingerprint density at radius 2 is 2.12 bits per heavy atom. The third kappa shape index (κ3) is 5.23. The van der Waals surface area contributed by atoms with Crippen molar-refractivity contribution in [2.45, 2.75) is 38.3 Å². The third-order valence-corrected chi connectivity index (χ3v) is 4.36.